The Kier molecular flexibility index (Phi) is 4.05. The van der Waals surface area contributed by atoms with Crippen molar-refractivity contribution in [3.63, 3.8) is 0 Å². The Morgan fingerprint density at radius 2 is 2.00 bits per heavy atom. The number of nitrogens with zero attached hydrogens (tertiary/aromatic N) is 3. The predicted molar refractivity (Wildman–Crippen MR) is 91.0 cm³/mol. The number of halogens is 1. The number of hydrogen-bond donors (Lipinski definition) is 0. The van der Waals surface area contributed by atoms with Gasteiger partial charge in [0.15, 0.2) is 0 Å². The van der Waals surface area contributed by atoms with Crippen LogP contribution in [0.1, 0.15) is 17.1 Å². The Hall–Kier alpha value is -2.77. The predicted octanol–water partition coefficient (Wildman–Crippen LogP) is 2.93. The van der Waals surface area contributed by atoms with Gasteiger partial charge in [0.2, 0.25) is 0 Å². The van der Waals surface area contributed by atoms with Crippen molar-refractivity contribution in [2.75, 3.05) is 0 Å². The molecule has 3 aromatic rings. The summed E-state index contributed by atoms with van der Waals surface area (Å²) in [6, 6.07) is 10.8. The second-order valence-corrected chi connectivity index (χ2v) is 5.57. The van der Waals surface area contributed by atoms with E-state index < -0.39 is 0 Å². The molecule has 1 aromatic carbocycles. The van der Waals surface area contributed by atoms with Crippen LogP contribution in [0.25, 0.3) is 5.69 Å². The molecular weight excluding hydrogens is 310 g/mol. The highest BCUT2D eigenvalue weighted by Gasteiger charge is 2.05. The van der Waals surface area contributed by atoms with Crippen molar-refractivity contribution >= 4 is 11.6 Å². The molecule has 0 aliphatic heterocycles. The number of aryl methyl sites for hydroxylation is 2. The van der Waals surface area contributed by atoms with Crippen molar-refractivity contribution in [3.8, 4) is 17.5 Å². The maximum Gasteiger partial charge on any atom is 0.252 e. The van der Waals surface area contributed by atoms with Gasteiger partial charge >= 0.3 is 0 Å². The summed E-state index contributed by atoms with van der Waals surface area (Å²) in [5, 5.41) is 0.652. The largest absolute Gasteiger partial charge is 0.318 e. The average molecular weight is 324 g/mol. The van der Waals surface area contributed by atoms with Gasteiger partial charge in [0, 0.05) is 36.1 Å². The maximum atomic E-state index is 11.8. The van der Waals surface area contributed by atoms with Crippen molar-refractivity contribution in [1.82, 2.24) is 14.1 Å². The number of hydrogen-bond acceptors (Lipinski definition) is 2. The summed E-state index contributed by atoms with van der Waals surface area (Å²) in [5.41, 5.74) is 2.18. The van der Waals surface area contributed by atoms with Crippen LogP contribution < -0.4 is 5.56 Å². The highest BCUT2D eigenvalue weighted by Crippen LogP contribution is 2.11. The number of pyridine rings is 1. The van der Waals surface area contributed by atoms with Crippen LogP contribution in [0.15, 0.2) is 53.6 Å². The van der Waals surface area contributed by atoms with Crippen molar-refractivity contribution in [1.29, 1.82) is 0 Å². The lowest BCUT2D eigenvalue weighted by Crippen LogP contribution is -2.15. The van der Waals surface area contributed by atoms with Gasteiger partial charge in [-0.15, -0.1) is 0 Å². The molecule has 0 saturated heterocycles. The molecule has 23 heavy (non-hydrogen) atoms. The Bertz CT molecular complexity index is 989. The van der Waals surface area contributed by atoms with Gasteiger partial charge in [-0.25, -0.2) is 4.98 Å². The Balaban J connectivity index is 1.95. The summed E-state index contributed by atoms with van der Waals surface area (Å²) in [6.45, 7) is 1.88. The van der Waals surface area contributed by atoms with E-state index in [-0.39, 0.29) is 5.56 Å². The highest BCUT2D eigenvalue weighted by molar-refractivity contribution is 6.30. The summed E-state index contributed by atoms with van der Waals surface area (Å²) >= 11 is 5.94. The van der Waals surface area contributed by atoms with E-state index in [0.717, 1.165) is 17.1 Å². The molecule has 0 amide bonds. The molecular formula is C18H14ClN3O. The van der Waals surface area contributed by atoms with Gasteiger partial charge in [0.25, 0.3) is 5.56 Å². The van der Waals surface area contributed by atoms with Crippen molar-refractivity contribution in [2.24, 2.45) is 7.05 Å². The molecule has 3 rings (SSSR count). The Labute approximate surface area is 139 Å². The molecule has 0 atom stereocenters. The molecule has 2 heterocycles. The van der Waals surface area contributed by atoms with E-state index in [1.807, 2.05) is 42.0 Å². The Morgan fingerprint density at radius 1 is 1.17 bits per heavy atom. The number of aromatic nitrogens is 3. The van der Waals surface area contributed by atoms with Gasteiger partial charge < -0.3 is 9.13 Å². The first-order valence-electron chi connectivity index (χ1n) is 7.03. The summed E-state index contributed by atoms with van der Waals surface area (Å²) in [5.74, 6) is 6.83. The average Bonchev–Trinajstić information content (AvgIpc) is 2.89. The summed E-state index contributed by atoms with van der Waals surface area (Å²) < 4.78 is 3.37. The monoisotopic (exact) mass is 323 g/mol. The first-order valence-corrected chi connectivity index (χ1v) is 7.41. The fraction of sp³-hybridized carbons (Fsp3) is 0.111. The zero-order valence-corrected chi connectivity index (χ0v) is 13.5. The van der Waals surface area contributed by atoms with E-state index in [9.17, 15) is 4.79 Å². The van der Waals surface area contributed by atoms with Gasteiger partial charge in [-0.3, -0.25) is 4.79 Å². The molecule has 0 spiro atoms. The lowest BCUT2D eigenvalue weighted by molar-refractivity contribution is 0.847. The Morgan fingerprint density at radius 3 is 2.74 bits per heavy atom. The highest BCUT2D eigenvalue weighted by atomic mass is 35.5. The molecule has 0 radical (unpaired) electrons. The van der Waals surface area contributed by atoms with Gasteiger partial charge in [-0.05, 0) is 37.1 Å². The zero-order valence-electron chi connectivity index (χ0n) is 12.7. The number of rotatable bonds is 1. The van der Waals surface area contributed by atoms with Gasteiger partial charge in [0.1, 0.15) is 11.5 Å². The second kappa shape index (κ2) is 6.15. The van der Waals surface area contributed by atoms with Crippen LogP contribution in [0, 0.1) is 18.8 Å². The van der Waals surface area contributed by atoms with E-state index in [0.29, 0.717) is 10.7 Å². The molecule has 0 unspecified atom stereocenters. The van der Waals surface area contributed by atoms with Crippen LogP contribution in [-0.2, 0) is 7.05 Å². The fourth-order valence-corrected chi connectivity index (χ4v) is 2.37. The first kappa shape index (κ1) is 15.1. The molecule has 0 aliphatic carbocycles. The zero-order chi connectivity index (χ0) is 16.4. The molecule has 0 bridgehead atoms. The normalized spacial score (nSPS) is 10.2. The molecule has 0 N–H and O–H groups in total. The lowest BCUT2D eigenvalue weighted by atomic mass is 10.2. The summed E-state index contributed by atoms with van der Waals surface area (Å²) in [4.78, 5) is 16.2. The van der Waals surface area contributed by atoms with Crippen molar-refractivity contribution < 1.29 is 0 Å². The molecule has 114 valence electrons. The van der Waals surface area contributed by atoms with Crippen LogP contribution in [0.2, 0.25) is 5.02 Å². The molecule has 2 aromatic heterocycles. The smallest absolute Gasteiger partial charge is 0.252 e. The maximum absolute atomic E-state index is 11.8. The standard InChI is InChI=1S/C18H14ClN3O/c1-13-20-16(7-6-14-4-3-5-15(19)10-14)12-22(13)17-8-9-21(2)18(23)11-17/h3-5,8-12H,1-2H3. The molecule has 5 heteroatoms. The van der Waals surface area contributed by atoms with Crippen LogP contribution in [0.4, 0.5) is 0 Å². The fourth-order valence-electron chi connectivity index (χ4n) is 2.18. The van der Waals surface area contributed by atoms with Gasteiger partial charge in [-0.1, -0.05) is 23.6 Å². The minimum Gasteiger partial charge on any atom is -0.318 e. The topological polar surface area (TPSA) is 39.8 Å². The quantitative estimate of drug-likeness (QED) is 0.646. The summed E-state index contributed by atoms with van der Waals surface area (Å²) in [7, 11) is 1.72. The van der Waals surface area contributed by atoms with E-state index in [1.54, 1.807) is 25.4 Å². The third-order valence-corrected chi connectivity index (χ3v) is 3.64. The van der Waals surface area contributed by atoms with Crippen LogP contribution in [0.3, 0.4) is 0 Å². The summed E-state index contributed by atoms with van der Waals surface area (Å²) in [6.07, 6.45) is 3.55. The second-order valence-electron chi connectivity index (χ2n) is 5.14. The molecule has 0 saturated carbocycles. The van der Waals surface area contributed by atoms with Gasteiger partial charge in [0.05, 0.1) is 5.69 Å². The minimum absolute atomic E-state index is 0.0674. The molecule has 0 aliphatic rings. The van der Waals surface area contributed by atoms with E-state index in [1.165, 1.54) is 4.57 Å². The van der Waals surface area contributed by atoms with Crippen LogP contribution in [0.5, 0.6) is 0 Å². The molecule has 4 nitrogen and oxygen atoms in total. The lowest BCUT2D eigenvalue weighted by Gasteiger charge is -2.04. The van der Waals surface area contributed by atoms with E-state index >= 15 is 0 Å². The minimum atomic E-state index is -0.0674. The number of benzene rings is 1. The number of imidazole rings is 1. The van der Waals surface area contributed by atoms with E-state index in [4.69, 9.17) is 11.6 Å². The van der Waals surface area contributed by atoms with Crippen molar-refractivity contribution in [2.45, 2.75) is 6.92 Å². The van der Waals surface area contributed by atoms with Crippen molar-refractivity contribution in [3.05, 3.63) is 81.3 Å². The third-order valence-electron chi connectivity index (χ3n) is 3.41. The SMILES string of the molecule is Cc1nc(C#Cc2cccc(Cl)c2)cn1-c1ccn(C)c(=O)c1. The molecule has 0 fully saturated rings. The van der Waals surface area contributed by atoms with Crippen LogP contribution in [-0.4, -0.2) is 14.1 Å². The van der Waals surface area contributed by atoms with Gasteiger partial charge in [-0.2, -0.15) is 0 Å². The third kappa shape index (κ3) is 3.36. The van der Waals surface area contributed by atoms with Crippen LogP contribution >= 0.6 is 11.6 Å². The van der Waals surface area contributed by atoms with E-state index in [2.05, 4.69) is 16.8 Å². The first-order chi connectivity index (χ1) is 11.0.